The number of rotatable bonds is 9. The van der Waals surface area contributed by atoms with Crippen molar-refractivity contribution in [2.24, 2.45) is 0 Å². The smallest absolute Gasteiger partial charge is 0.137 e. The van der Waals surface area contributed by atoms with Crippen LogP contribution in [0.15, 0.2) is 158 Å². The van der Waals surface area contributed by atoms with Crippen LogP contribution in [0.1, 0.15) is 36.4 Å². The van der Waals surface area contributed by atoms with E-state index in [4.69, 9.17) is 14.8 Å². The predicted molar refractivity (Wildman–Crippen MR) is 227 cm³/mol. The number of aryl methyl sites for hydroxylation is 3. The monoisotopic (exact) mass is 714 g/mol. The Morgan fingerprint density at radius 1 is 0.545 bits per heavy atom. The summed E-state index contributed by atoms with van der Waals surface area (Å²) in [7, 11) is 0. The van der Waals surface area contributed by atoms with Gasteiger partial charge in [0.15, 0.2) is 0 Å². The van der Waals surface area contributed by atoms with Crippen molar-refractivity contribution in [3.63, 3.8) is 0 Å². The van der Waals surface area contributed by atoms with Crippen LogP contribution in [0.5, 0.6) is 11.5 Å². The van der Waals surface area contributed by atoms with E-state index in [1.807, 2.05) is 12.3 Å². The minimum atomic E-state index is 0.760. The molecule has 0 amide bonds. The fourth-order valence-corrected chi connectivity index (χ4v) is 8.07. The Morgan fingerprint density at radius 2 is 1.24 bits per heavy atom. The lowest BCUT2D eigenvalue weighted by atomic mass is 9.86. The molecule has 0 aliphatic rings. The number of benzene rings is 6. The maximum atomic E-state index is 6.74. The molecule has 55 heavy (non-hydrogen) atoms. The van der Waals surface area contributed by atoms with Crippen LogP contribution in [-0.2, 0) is 12.8 Å². The summed E-state index contributed by atoms with van der Waals surface area (Å²) in [5.41, 5.74) is 14.8. The first-order valence-electron chi connectivity index (χ1n) is 19.1. The second-order valence-electron chi connectivity index (χ2n) is 14.2. The first-order valence-corrected chi connectivity index (χ1v) is 19.1. The second-order valence-corrected chi connectivity index (χ2v) is 14.2. The number of aromatic nitrogens is 4. The Labute approximate surface area is 322 Å². The highest BCUT2D eigenvalue weighted by molar-refractivity contribution is 6.09. The predicted octanol–water partition coefficient (Wildman–Crippen LogP) is 12.9. The van der Waals surface area contributed by atoms with Crippen LogP contribution in [0.25, 0.3) is 66.7 Å². The Kier molecular flexibility index (Phi) is 8.83. The molecule has 0 saturated heterocycles. The van der Waals surface area contributed by atoms with E-state index in [-0.39, 0.29) is 0 Å². The molecule has 0 aliphatic carbocycles. The van der Waals surface area contributed by atoms with E-state index in [2.05, 4.69) is 183 Å². The molecule has 5 nitrogen and oxygen atoms in total. The van der Waals surface area contributed by atoms with Gasteiger partial charge in [0.25, 0.3) is 0 Å². The minimum absolute atomic E-state index is 0.760. The van der Waals surface area contributed by atoms with Crippen molar-refractivity contribution >= 4 is 21.8 Å². The molecule has 0 spiro atoms. The topological polar surface area (TPSA) is 44.9 Å². The Bertz CT molecular complexity index is 2770. The van der Waals surface area contributed by atoms with Gasteiger partial charge in [0.05, 0.1) is 28.1 Å². The number of pyridine rings is 1. The second kappa shape index (κ2) is 14.3. The van der Waals surface area contributed by atoms with E-state index in [0.717, 1.165) is 69.1 Å². The van der Waals surface area contributed by atoms with Gasteiger partial charge in [-0.2, -0.15) is 5.10 Å². The van der Waals surface area contributed by atoms with Gasteiger partial charge in [-0.25, -0.2) is 9.67 Å². The molecule has 5 heteroatoms. The zero-order valence-corrected chi connectivity index (χ0v) is 31.6. The van der Waals surface area contributed by atoms with Gasteiger partial charge in [0.2, 0.25) is 0 Å². The molecule has 0 radical (unpaired) electrons. The molecule has 0 aliphatic heterocycles. The molecule has 0 fully saturated rings. The zero-order chi connectivity index (χ0) is 37.5. The number of hydrogen-bond acceptors (Lipinski definition) is 3. The quantitative estimate of drug-likeness (QED) is 0.149. The van der Waals surface area contributed by atoms with E-state index in [1.165, 1.54) is 44.5 Å². The molecule has 268 valence electrons. The molecular formula is C50H42N4O. The summed E-state index contributed by atoms with van der Waals surface area (Å²) in [5.74, 6) is 2.41. The van der Waals surface area contributed by atoms with Crippen molar-refractivity contribution in [3.05, 3.63) is 180 Å². The molecular weight excluding hydrogens is 673 g/mol. The van der Waals surface area contributed by atoms with Crippen LogP contribution in [0, 0.1) is 13.8 Å². The Morgan fingerprint density at radius 3 is 1.93 bits per heavy atom. The van der Waals surface area contributed by atoms with E-state index in [9.17, 15) is 0 Å². The van der Waals surface area contributed by atoms with Crippen molar-refractivity contribution in [3.8, 4) is 56.4 Å². The molecule has 6 aromatic carbocycles. The van der Waals surface area contributed by atoms with E-state index in [0.29, 0.717) is 0 Å². The molecule has 3 heterocycles. The number of fused-ring (bicyclic) bond motifs is 3. The highest BCUT2D eigenvalue weighted by Crippen LogP contribution is 2.44. The maximum absolute atomic E-state index is 6.74. The third-order valence-corrected chi connectivity index (χ3v) is 10.5. The van der Waals surface area contributed by atoms with Gasteiger partial charge in [-0.3, -0.25) is 4.57 Å². The third-order valence-electron chi connectivity index (χ3n) is 10.5. The molecule has 3 aromatic heterocycles. The summed E-state index contributed by atoms with van der Waals surface area (Å²) in [6.07, 6.45) is 3.47. The molecule has 0 bridgehead atoms. The SMILES string of the molecule is CCc1nn(-c2cc(C)cc(Oc3ccc4c5ccccc5n(-c5cc(C)ccn5)c4c3)c2)c(CC)c1-c1c(-c2ccccc2)cccc1-c1ccccc1. The van der Waals surface area contributed by atoms with Crippen LogP contribution < -0.4 is 4.74 Å². The van der Waals surface area contributed by atoms with Gasteiger partial charge in [0.1, 0.15) is 17.3 Å². The Balaban J connectivity index is 1.18. The first kappa shape index (κ1) is 34.1. The number of nitrogens with zero attached hydrogens (tertiary/aromatic N) is 4. The minimum Gasteiger partial charge on any atom is -0.457 e. The summed E-state index contributed by atoms with van der Waals surface area (Å²) < 4.78 is 11.1. The molecule has 0 unspecified atom stereocenters. The summed E-state index contributed by atoms with van der Waals surface area (Å²) in [4.78, 5) is 4.76. The van der Waals surface area contributed by atoms with Gasteiger partial charge in [0, 0.05) is 40.2 Å². The summed E-state index contributed by atoms with van der Waals surface area (Å²) in [5, 5.41) is 7.71. The van der Waals surface area contributed by atoms with Crippen molar-refractivity contribution in [2.45, 2.75) is 40.5 Å². The number of hydrogen-bond donors (Lipinski definition) is 0. The van der Waals surface area contributed by atoms with E-state index < -0.39 is 0 Å². The highest BCUT2D eigenvalue weighted by atomic mass is 16.5. The zero-order valence-electron chi connectivity index (χ0n) is 31.6. The Hall–Kier alpha value is -6.72. The normalized spacial score (nSPS) is 11.4. The first-order chi connectivity index (χ1) is 27.0. The molecule has 0 atom stereocenters. The van der Waals surface area contributed by atoms with Crippen LogP contribution in [-0.4, -0.2) is 19.3 Å². The molecule has 0 N–H and O–H groups in total. The fraction of sp³-hybridized carbons (Fsp3) is 0.120. The maximum Gasteiger partial charge on any atom is 0.137 e. The van der Waals surface area contributed by atoms with Gasteiger partial charge in [-0.15, -0.1) is 0 Å². The van der Waals surface area contributed by atoms with Crippen molar-refractivity contribution < 1.29 is 4.74 Å². The summed E-state index contributed by atoms with van der Waals surface area (Å²) in [6.45, 7) is 8.66. The van der Waals surface area contributed by atoms with Crippen LogP contribution in [0.3, 0.4) is 0 Å². The van der Waals surface area contributed by atoms with Gasteiger partial charge in [-0.05, 0) is 103 Å². The summed E-state index contributed by atoms with van der Waals surface area (Å²) >= 11 is 0. The third kappa shape index (κ3) is 6.18. The van der Waals surface area contributed by atoms with E-state index in [1.54, 1.807) is 0 Å². The number of ether oxygens (including phenoxy) is 1. The largest absolute Gasteiger partial charge is 0.457 e. The van der Waals surface area contributed by atoms with Crippen molar-refractivity contribution in [2.75, 3.05) is 0 Å². The lowest BCUT2D eigenvalue weighted by Gasteiger charge is -2.18. The van der Waals surface area contributed by atoms with Crippen molar-refractivity contribution in [1.29, 1.82) is 0 Å². The van der Waals surface area contributed by atoms with Gasteiger partial charge >= 0.3 is 0 Å². The van der Waals surface area contributed by atoms with E-state index >= 15 is 0 Å². The fourth-order valence-electron chi connectivity index (χ4n) is 8.07. The lowest BCUT2D eigenvalue weighted by Crippen LogP contribution is -2.03. The lowest BCUT2D eigenvalue weighted by molar-refractivity contribution is 0.482. The molecule has 9 rings (SSSR count). The highest BCUT2D eigenvalue weighted by Gasteiger charge is 2.25. The van der Waals surface area contributed by atoms with Crippen LogP contribution in [0.4, 0.5) is 0 Å². The van der Waals surface area contributed by atoms with Crippen molar-refractivity contribution in [1.82, 2.24) is 19.3 Å². The molecule has 0 saturated carbocycles. The van der Waals surface area contributed by atoms with Crippen LogP contribution in [0.2, 0.25) is 0 Å². The van der Waals surface area contributed by atoms with Gasteiger partial charge < -0.3 is 4.74 Å². The standard InChI is InChI=1S/C50H42N4O/c1-5-44-50(49-40(35-16-9-7-10-17-35)21-15-22-41(49)36-18-11-8-12-19-36)45(6-2)54(52-44)37-28-34(4)29-39(31-37)55-38-24-25-43-42-20-13-14-23-46(42)53(47(43)32-38)48-30-33(3)26-27-51-48/h7-32H,5-6H2,1-4H3. The average Bonchev–Trinajstić information content (AvgIpc) is 3.76. The molecule has 9 aromatic rings. The average molecular weight is 715 g/mol. The van der Waals surface area contributed by atoms with Gasteiger partial charge in [-0.1, -0.05) is 111 Å². The van der Waals surface area contributed by atoms with Crippen LogP contribution >= 0.6 is 0 Å². The summed E-state index contributed by atoms with van der Waals surface area (Å²) in [6, 6.07) is 53.5. The number of para-hydroxylation sites is 1.